The first kappa shape index (κ1) is 16.1. The molecule has 3 aliphatic rings. The Labute approximate surface area is 134 Å². The van der Waals surface area contributed by atoms with E-state index in [4.69, 9.17) is 4.74 Å². The highest BCUT2D eigenvalue weighted by atomic mass is 32.2. The molecule has 1 N–H and O–H groups in total. The van der Waals surface area contributed by atoms with Crippen molar-refractivity contribution in [3.63, 3.8) is 0 Å². The van der Waals surface area contributed by atoms with Crippen molar-refractivity contribution >= 4 is 11.8 Å². The molecule has 21 heavy (non-hydrogen) atoms. The predicted molar refractivity (Wildman–Crippen MR) is 91.1 cm³/mol. The van der Waals surface area contributed by atoms with E-state index in [1.165, 1.54) is 76.2 Å². The fraction of sp³-hybridized carbons (Fsp3) is 1.00. The quantitative estimate of drug-likeness (QED) is 0.863. The van der Waals surface area contributed by atoms with Crippen molar-refractivity contribution in [3.8, 4) is 0 Å². The first-order valence-corrected chi connectivity index (χ1v) is 10.1. The Morgan fingerprint density at radius 3 is 2.86 bits per heavy atom. The third kappa shape index (κ3) is 4.15. The van der Waals surface area contributed by atoms with E-state index in [1.807, 2.05) is 0 Å². The second kappa shape index (κ2) is 7.67. The van der Waals surface area contributed by atoms with E-state index >= 15 is 0 Å². The van der Waals surface area contributed by atoms with E-state index in [2.05, 4.69) is 28.9 Å². The molecule has 0 radical (unpaired) electrons. The van der Waals surface area contributed by atoms with Crippen LogP contribution in [0.25, 0.3) is 0 Å². The highest BCUT2D eigenvalue weighted by Gasteiger charge is 2.40. The maximum absolute atomic E-state index is 6.27. The minimum Gasteiger partial charge on any atom is -0.375 e. The van der Waals surface area contributed by atoms with Gasteiger partial charge in [0, 0.05) is 19.2 Å². The number of nitrogens with zero attached hydrogens (tertiary/aromatic N) is 1. The number of nitrogens with one attached hydrogen (secondary N) is 1. The molecular formula is C17H32N2OS. The number of hydrogen-bond donors (Lipinski definition) is 1. The Balaban J connectivity index is 1.57. The summed E-state index contributed by atoms with van der Waals surface area (Å²) in [6.07, 6.45) is 7.84. The van der Waals surface area contributed by atoms with Gasteiger partial charge < -0.3 is 15.0 Å². The molecule has 0 saturated carbocycles. The van der Waals surface area contributed by atoms with Gasteiger partial charge in [0.15, 0.2) is 0 Å². The lowest BCUT2D eigenvalue weighted by molar-refractivity contribution is -0.111. The lowest BCUT2D eigenvalue weighted by Gasteiger charge is -2.47. The van der Waals surface area contributed by atoms with Crippen LogP contribution in [-0.2, 0) is 4.74 Å². The number of thioether (sulfide) groups is 1. The molecule has 0 aromatic heterocycles. The second-order valence-corrected chi connectivity index (χ2v) is 8.32. The Bertz CT molecular complexity index is 308. The van der Waals surface area contributed by atoms with Crippen LogP contribution in [0.3, 0.4) is 0 Å². The Kier molecular flexibility index (Phi) is 5.88. The van der Waals surface area contributed by atoms with Gasteiger partial charge in [-0.2, -0.15) is 11.8 Å². The summed E-state index contributed by atoms with van der Waals surface area (Å²) in [5, 5.41) is 3.57. The molecule has 0 aromatic carbocycles. The molecule has 0 aliphatic carbocycles. The molecule has 122 valence electrons. The molecule has 3 nitrogen and oxygen atoms in total. The van der Waals surface area contributed by atoms with Crippen LogP contribution in [0.1, 0.15) is 45.4 Å². The van der Waals surface area contributed by atoms with Crippen molar-refractivity contribution in [2.75, 3.05) is 44.3 Å². The van der Waals surface area contributed by atoms with Crippen molar-refractivity contribution in [2.24, 2.45) is 5.92 Å². The molecule has 0 amide bonds. The van der Waals surface area contributed by atoms with Crippen molar-refractivity contribution in [1.29, 1.82) is 0 Å². The van der Waals surface area contributed by atoms with E-state index in [-0.39, 0.29) is 5.60 Å². The van der Waals surface area contributed by atoms with Crippen LogP contribution < -0.4 is 5.32 Å². The molecule has 3 rings (SSSR count). The average molecular weight is 313 g/mol. The van der Waals surface area contributed by atoms with Gasteiger partial charge in [0.1, 0.15) is 0 Å². The smallest absolute Gasteiger partial charge is 0.0713 e. The molecule has 0 bridgehead atoms. The second-order valence-electron chi connectivity index (χ2n) is 7.09. The molecule has 0 aromatic rings. The molecule has 3 heterocycles. The SMILES string of the molecule is CCN(CC1CCCNC1)C1CCOC2(CCSCC2)C1. The monoisotopic (exact) mass is 312 g/mol. The maximum Gasteiger partial charge on any atom is 0.0713 e. The van der Waals surface area contributed by atoms with Crippen LogP contribution in [-0.4, -0.2) is 60.8 Å². The number of ether oxygens (including phenoxy) is 1. The normalized spacial score (nSPS) is 33.4. The van der Waals surface area contributed by atoms with Gasteiger partial charge in [-0.05, 0) is 75.6 Å². The highest BCUT2D eigenvalue weighted by Crippen LogP contribution is 2.39. The largest absolute Gasteiger partial charge is 0.375 e. The predicted octanol–water partition coefficient (Wildman–Crippen LogP) is 2.75. The van der Waals surface area contributed by atoms with Crippen molar-refractivity contribution in [3.05, 3.63) is 0 Å². The summed E-state index contributed by atoms with van der Waals surface area (Å²) in [7, 11) is 0. The topological polar surface area (TPSA) is 24.5 Å². The van der Waals surface area contributed by atoms with Gasteiger partial charge in [0.2, 0.25) is 0 Å². The van der Waals surface area contributed by atoms with E-state index in [0.717, 1.165) is 18.6 Å². The zero-order valence-electron chi connectivity index (χ0n) is 13.6. The van der Waals surface area contributed by atoms with Crippen LogP contribution in [0.15, 0.2) is 0 Å². The number of hydrogen-bond acceptors (Lipinski definition) is 4. The van der Waals surface area contributed by atoms with Crippen LogP contribution in [0.4, 0.5) is 0 Å². The minimum atomic E-state index is 0.229. The van der Waals surface area contributed by atoms with Gasteiger partial charge in [-0.3, -0.25) is 0 Å². The summed E-state index contributed by atoms with van der Waals surface area (Å²) < 4.78 is 6.27. The van der Waals surface area contributed by atoms with Gasteiger partial charge in [0.25, 0.3) is 0 Å². The Hall–Kier alpha value is 0.230. The minimum absolute atomic E-state index is 0.229. The summed E-state index contributed by atoms with van der Waals surface area (Å²) in [4.78, 5) is 2.77. The van der Waals surface area contributed by atoms with Gasteiger partial charge in [-0.25, -0.2) is 0 Å². The van der Waals surface area contributed by atoms with Gasteiger partial charge in [0.05, 0.1) is 5.60 Å². The van der Waals surface area contributed by atoms with E-state index in [1.54, 1.807) is 0 Å². The van der Waals surface area contributed by atoms with Crippen molar-refractivity contribution in [2.45, 2.75) is 57.1 Å². The molecule has 3 aliphatic heterocycles. The summed E-state index contributed by atoms with van der Waals surface area (Å²) in [6, 6.07) is 0.758. The highest BCUT2D eigenvalue weighted by molar-refractivity contribution is 7.99. The zero-order chi connectivity index (χ0) is 14.5. The standard InChI is InChI=1S/C17H32N2OS/c1-2-19(14-15-4-3-8-18-13-15)16-5-9-20-17(12-16)6-10-21-11-7-17/h15-16,18H,2-14H2,1H3. The Morgan fingerprint density at radius 2 is 2.14 bits per heavy atom. The summed E-state index contributed by atoms with van der Waals surface area (Å²) in [5.74, 6) is 3.45. The number of piperidine rings is 1. The van der Waals surface area contributed by atoms with Crippen molar-refractivity contribution in [1.82, 2.24) is 10.2 Å². The number of rotatable bonds is 4. The third-order valence-electron chi connectivity index (χ3n) is 5.69. The fourth-order valence-electron chi connectivity index (χ4n) is 4.35. The van der Waals surface area contributed by atoms with E-state index < -0.39 is 0 Å². The first-order chi connectivity index (χ1) is 10.3. The molecule has 1 spiro atoms. The Morgan fingerprint density at radius 1 is 1.29 bits per heavy atom. The van der Waals surface area contributed by atoms with Gasteiger partial charge >= 0.3 is 0 Å². The van der Waals surface area contributed by atoms with E-state index in [0.29, 0.717) is 0 Å². The average Bonchev–Trinajstić information content (AvgIpc) is 2.54. The molecule has 4 heteroatoms. The summed E-state index contributed by atoms with van der Waals surface area (Å²) in [5.41, 5.74) is 0.229. The van der Waals surface area contributed by atoms with Crippen LogP contribution in [0.2, 0.25) is 0 Å². The van der Waals surface area contributed by atoms with Crippen LogP contribution in [0.5, 0.6) is 0 Å². The molecular weight excluding hydrogens is 280 g/mol. The van der Waals surface area contributed by atoms with Crippen molar-refractivity contribution < 1.29 is 4.74 Å². The zero-order valence-corrected chi connectivity index (χ0v) is 14.4. The molecule has 2 unspecified atom stereocenters. The van der Waals surface area contributed by atoms with Crippen LogP contribution in [0, 0.1) is 5.92 Å². The lowest BCUT2D eigenvalue weighted by atomic mass is 9.84. The summed E-state index contributed by atoms with van der Waals surface area (Å²) >= 11 is 2.10. The lowest BCUT2D eigenvalue weighted by Crippen LogP contribution is -2.52. The van der Waals surface area contributed by atoms with E-state index in [9.17, 15) is 0 Å². The van der Waals surface area contributed by atoms with Crippen LogP contribution >= 0.6 is 11.8 Å². The van der Waals surface area contributed by atoms with Gasteiger partial charge in [-0.15, -0.1) is 0 Å². The summed E-state index contributed by atoms with van der Waals surface area (Å²) in [6.45, 7) is 8.26. The molecule has 2 atom stereocenters. The first-order valence-electron chi connectivity index (χ1n) is 8.98. The maximum atomic E-state index is 6.27. The molecule has 3 fully saturated rings. The molecule has 3 saturated heterocycles. The fourth-order valence-corrected chi connectivity index (χ4v) is 5.59. The third-order valence-corrected chi connectivity index (χ3v) is 6.67. The van der Waals surface area contributed by atoms with Gasteiger partial charge in [-0.1, -0.05) is 6.92 Å².